The molecule has 0 aliphatic heterocycles. The number of carboxylic acids is 1. The van der Waals surface area contributed by atoms with E-state index in [0.717, 1.165) is 0 Å². The number of carboxylic acid groups (broad SMARTS) is 1. The lowest BCUT2D eigenvalue weighted by Crippen LogP contribution is -2.08. The van der Waals surface area contributed by atoms with Crippen molar-refractivity contribution < 1.29 is 33.7 Å². The minimum atomic E-state index is -1.10. The lowest BCUT2D eigenvalue weighted by atomic mass is 10.1. The number of benzene rings is 2. The van der Waals surface area contributed by atoms with Crippen LogP contribution in [-0.4, -0.2) is 44.3 Å². The summed E-state index contributed by atoms with van der Waals surface area (Å²) in [6, 6.07) is 8.54. The summed E-state index contributed by atoms with van der Waals surface area (Å²) in [5, 5.41) is 12.1. The molecule has 136 valence electrons. The first-order chi connectivity index (χ1) is 12.4. The van der Waals surface area contributed by atoms with Crippen molar-refractivity contribution in [2.45, 2.75) is 0 Å². The van der Waals surface area contributed by atoms with Gasteiger partial charge in [-0.2, -0.15) is 0 Å². The third kappa shape index (κ3) is 4.10. The van der Waals surface area contributed by atoms with Gasteiger partial charge in [0.2, 0.25) is 0 Å². The highest BCUT2D eigenvalue weighted by molar-refractivity contribution is 5.97. The molecule has 0 heterocycles. The van der Waals surface area contributed by atoms with Gasteiger partial charge < -0.3 is 24.6 Å². The zero-order chi connectivity index (χ0) is 19.3. The second-order valence-corrected chi connectivity index (χ2v) is 5.13. The van der Waals surface area contributed by atoms with Gasteiger partial charge in [-0.3, -0.25) is 0 Å². The molecule has 26 heavy (non-hydrogen) atoms. The third-order valence-electron chi connectivity index (χ3n) is 3.50. The fraction of sp³-hybridized carbons (Fsp3) is 0.167. The zero-order valence-electron chi connectivity index (χ0n) is 14.4. The SMILES string of the molecule is COC(=O)c1cc(Nc2cc(C(=O)O)ccc2OC)cc(C(=O)OC)c1. The molecule has 2 aromatic carbocycles. The van der Waals surface area contributed by atoms with Crippen molar-refractivity contribution in [1.82, 2.24) is 0 Å². The van der Waals surface area contributed by atoms with Gasteiger partial charge in [0.25, 0.3) is 0 Å². The van der Waals surface area contributed by atoms with Crippen molar-refractivity contribution in [1.29, 1.82) is 0 Å². The maximum absolute atomic E-state index is 11.8. The van der Waals surface area contributed by atoms with E-state index in [0.29, 0.717) is 17.1 Å². The topological polar surface area (TPSA) is 111 Å². The average molecular weight is 359 g/mol. The fourth-order valence-corrected chi connectivity index (χ4v) is 2.27. The van der Waals surface area contributed by atoms with E-state index in [-0.39, 0.29) is 16.7 Å². The van der Waals surface area contributed by atoms with E-state index >= 15 is 0 Å². The van der Waals surface area contributed by atoms with Crippen LogP contribution in [0.5, 0.6) is 5.75 Å². The van der Waals surface area contributed by atoms with Crippen LogP contribution in [0, 0.1) is 0 Å². The molecule has 0 aromatic heterocycles. The van der Waals surface area contributed by atoms with E-state index in [2.05, 4.69) is 14.8 Å². The van der Waals surface area contributed by atoms with Crippen LogP contribution in [0.25, 0.3) is 0 Å². The number of carbonyl (C=O) groups is 3. The quantitative estimate of drug-likeness (QED) is 0.757. The number of methoxy groups -OCH3 is 3. The molecule has 2 aromatic rings. The first-order valence-corrected chi connectivity index (χ1v) is 7.39. The van der Waals surface area contributed by atoms with Crippen molar-refractivity contribution in [3.05, 3.63) is 53.1 Å². The summed E-state index contributed by atoms with van der Waals surface area (Å²) in [5.74, 6) is -1.98. The van der Waals surface area contributed by atoms with Gasteiger partial charge in [0.15, 0.2) is 0 Å². The second kappa shape index (κ2) is 8.02. The minimum Gasteiger partial charge on any atom is -0.495 e. The lowest BCUT2D eigenvalue weighted by molar-refractivity contribution is 0.0597. The van der Waals surface area contributed by atoms with E-state index < -0.39 is 17.9 Å². The van der Waals surface area contributed by atoms with Crippen LogP contribution in [0.1, 0.15) is 31.1 Å². The molecule has 0 aliphatic rings. The Hall–Kier alpha value is -3.55. The Morgan fingerprint density at radius 3 is 1.88 bits per heavy atom. The highest BCUT2D eigenvalue weighted by atomic mass is 16.5. The number of nitrogens with one attached hydrogen (secondary N) is 1. The predicted octanol–water partition coefficient (Wildman–Crippen LogP) is 2.71. The van der Waals surface area contributed by atoms with Crippen molar-refractivity contribution in [3.8, 4) is 5.75 Å². The Morgan fingerprint density at radius 2 is 1.42 bits per heavy atom. The maximum Gasteiger partial charge on any atom is 0.337 e. The molecular formula is C18H17NO7. The first kappa shape index (κ1) is 18.8. The zero-order valence-corrected chi connectivity index (χ0v) is 14.4. The van der Waals surface area contributed by atoms with Crippen molar-refractivity contribution in [3.63, 3.8) is 0 Å². The normalized spacial score (nSPS) is 9.96. The Kier molecular flexibility index (Phi) is 5.79. The van der Waals surface area contributed by atoms with Crippen LogP contribution in [0.3, 0.4) is 0 Å². The molecule has 0 fully saturated rings. The Balaban J connectivity index is 2.51. The van der Waals surface area contributed by atoms with E-state index in [1.807, 2.05) is 0 Å². The van der Waals surface area contributed by atoms with Gasteiger partial charge in [-0.05, 0) is 36.4 Å². The van der Waals surface area contributed by atoms with Crippen molar-refractivity contribution >= 4 is 29.3 Å². The number of ether oxygens (including phenoxy) is 3. The van der Waals surface area contributed by atoms with Gasteiger partial charge in [-0.25, -0.2) is 14.4 Å². The Bertz CT molecular complexity index is 826. The molecule has 8 nitrogen and oxygen atoms in total. The summed E-state index contributed by atoms with van der Waals surface area (Å²) in [4.78, 5) is 34.9. The number of carbonyl (C=O) groups excluding carboxylic acids is 2. The van der Waals surface area contributed by atoms with Gasteiger partial charge in [-0.15, -0.1) is 0 Å². The molecule has 0 bridgehead atoms. The van der Waals surface area contributed by atoms with Gasteiger partial charge in [-0.1, -0.05) is 0 Å². The molecule has 0 saturated carbocycles. The van der Waals surface area contributed by atoms with Crippen LogP contribution < -0.4 is 10.1 Å². The first-order valence-electron chi connectivity index (χ1n) is 7.39. The molecule has 0 saturated heterocycles. The summed E-state index contributed by atoms with van der Waals surface area (Å²) >= 11 is 0. The lowest BCUT2D eigenvalue weighted by Gasteiger charge is -2.14. The number of rotatable bonds is 6. The van der Waals surface area contributed by atoms with Gasteiger partial charge in [0, 0.05) is 5.69 Å². The number of hydrogen-bond acceptors (Lipinski definition) is 7. The number of aromatic carboxylic acids is 1. The van der Waals surface area contributed by atoms with Crippen LogP contribution in [0.15, 0.2) is 36.4 Å². The number of esters is 2. The van der Waals surface area contributed by atoms with Gasteiger partial charge in [0.1, 0.15) is 5.75 Å². The van der Waals surface area contributed by atoms with Crippen molar-refractivity contribution in [2.75, 3.05) is 26.6 Å². The summed E-state index contributed by atoms with van der Waals surface area (Å²) in [5.41, 5.74) is 1.02. The van der Waals surface area contributed by atoms with Crippen molar-refractivity contribution in [2.24, 2.45) is 0 Å². The van der Waals surface area contributed by atoms with Crippen LogP contribution in [0.4, 0.5) is 11.4 Å². The van der Waals surface area contributed by atoms with Crippen LogP contribution in [-0.2, 0) is 9.47 Å². The van der Waals surface area contributed by atoms with E-state index in [4.69, 9.17) is 9.84 Å². The highest BCUT2D eigenvalue weighted by Gasteiger charge is 2.15. The molecule has 2 rings (SSSR count). The molecule has 2 N–H and O–H groups in total. The minimum absolute atomic E-state index is 0.0469. The van der Waals surface area contributed by atoms with Crippen LogP contribution >= 0.6 is 0 Å². The summed E-state index contributed by atoms with van der Waals surface area (Å²) in [7, 11) is 3.88. The molecular weight excluding hydrogens is 342 g/mol. The molecule has 0 atom stereocenters. The van der Waals surface area contributed by atoms with Gasteiger partial charge in [0.05, 0.1) is 43.7 Å². The summed E-state index contributed by atoms with van der Waals surface area (Å²) in [6.45, 7) is 0. The standard InChI is InChI=1S/C18H17NO7/c1-24-15-5-4-10(16(20)21)9-14(15)19-13-7-11(17(22)25-2)6-12(8-13)18(23)26-3/h4-9,19H,1-3H3,(H,20,21). The maximum atomic E-state index is 11.8. The Morgan fingerprint density at radius 1 is 0.846 bits per heavy atom. The van der Waals surface area contributed by atoms with E-state index in [1.54, 1.807) is 0 Å². The van der Waals surface area contributed by atoms with Crippen LogP contribution in [0.2, 0.25) is 0 Å². The van der Waals surface area contributed by atoms with Gasteiger partial charge >= 0.3 is 17.9 Å². The molecule has 0 unspecified atom stereocenters. The number of anilines is 2. The average Bonchev–Trinajstić information content (AvgIpc) is 2.66. The summed E-state index contributed by atoms with van der Waals surface area (Å²) < 4.78 is 14.6. The van der Waals surface area contributed by atoms with E-state index in [1.165, 1.54) is 57.7 Å². The molecule has 8 heteroatoms. The van der Waals surface area contributed by atoms with E-state index in [9.17, 15) is 14.4 Å². The molecule has 0 amide bonds. The second-order valence-electron chi connectivity index (χ2n) is 5.13. The Labute approximate surface area is 149 Å². The molecule has 0 spiro atoms. The third-order valence-corrected chi connectivity index (χ3v) is 3.50. The smallest absolute Gasteiger partial charge is 0.337 e. The largest absolute Gasteiger partial charge is 0.495 e. The highest BCUT2D eigenvalue weighted by Crippen LogP contribution is 2.30. The number of hydrogen-bond donors (Lipinski definition) is 2. The predicted molar refractivity (Wildman–Crippen MR) is 92.4 cm³/mol. The molecule has 0 aliphatic carbocycles. The monoisotopic (exact) mass is 359 g/mol. The molecule has 0 radical (unpaired) electrons. The fourth-order valence-electron chi connectivity index (χ4n) is 2.27. The summed E-state index contributed by atoms with van der Waals surface area (Å²) in [6.07, 6.45) is 0.